The summed E-state index contributed by atoms with van der Waals surface area (Å²) in [5.41, 5.74) is 5.04. The molecule has 1 amide bonds. The summed E-state index contributed by atoms with van der Waals surface area (Å²) in [6, 6.07) is 0. The van der Waals surface area contributed by atoms with Crippen molar-refractivity contribution in [3.8, 4) is 0 Å². The molecule has 0 fully saturated rings. The standard InChI is InChI=1S/C20H37N2O2/c1-3-5-7-8-9-10-11-19(24)22-16-17-12-13-18(23)20(21,15-17)14-6-4-2/h12,18H,3-11,13-16,21H2,1-2H3,(H,22,24)/q-1/p+1. The van der Waals surface area contributed by atoms with Gasteiger partial charge in [0.05, 0.1) is 5.54 Å². The number of carbonyl (C=O) groups is 1. The van der Waals surface area contributed by atoms with E-state index in [0.717, 1.165) is 38.5 Å². The van der Waals surface area contributed by atoms with Crippen molar-refractivity contribution in [1.29, 1.82) is 0 Å². The number of hydrogen-bond acceptors (Lipinski definition) is 2. The molecule has 1 aliphatic carbocycles. The highest BCUT2D eigenvalue weighted by Gasteiger charge is 2.34. The number of nitrogens with one attached hydrogen (secondary N) is 1. The third-order valence-corrected chi connectivity index (χ3v) is 5.18. The predicted octanol–water partition coefficient (Wildman–Crippen LogP) is 2.47. The molecular weight excluding hydrogens is 300 g/mol. The molecule has 0 aliphatic heterocycles. The highest BCUT2D eigenvalue weighted by atomic mass is 16.3. The first-order valence-corrected chi connectivity index (χ1v) is 9.97. The van der Waals surface area contributed by atoms with E-state index in [9.17, 15) is 9.90 Å². The van der Waals surface area contributed by atoms with Gasteiger partial charge in [0.15, 0.2) is 0 Å². The van der Waals surface area contributed by atoms with Gasteiger partial charge in [-0.15, -0.1) is 0 Å². The largest absolute Gasteiger partial charge is 0.847 e. The molecule has 4 heteroatoms. The predicted molar refractivity (Wildman–Crippen MR) is 97.3 cm³/mol. The Bertz CT molecular complexity index is 395. The Morgan fingerprint density at radius 1 is 1.21 bits per heavy atom. The Hall–Kier alpha value is -0.870. The second-order valence-electron chi connectivity index (χ2n) is 7.52. The zero-order chi connectivity index (χ0) is 17.8. The second-order valence-corrected chi connectivity index (χ2v) is 7.52. The van der Waals surface area contributed by atoms with Crippen LogP contribution >= 0.6 is 0 Å². The molecule has 0 heterocycles. The molecule has 1 rings (SSSR count). The Kier molecular flexibility index (Phi) is 10.3. The van der Waals surface area contributed by atoms with E-state index in [1.165, 1.54) is 31.3 Å². The minimum absolute atomic E-state index is 0.138. The van der Waals surface area contributed by atoms with E-state index in [2.05, 4.69) is 24.9 Å². The highest BCUT2D eigenvalue weighted by molar-refractivity contribution is 5.76. The van der Waals surface area contributed by atoms with Gasteiger partial charge in [0.1, 0.15) is 0 Å². The molecule has 140 valence electrons. The summed E-state index contributed by atoms with van der Waals surface area (Å²) in [5, 5.41) is 15.3. The molecule has 1 aliphatic rings. The van der Waals surface area contributed by atoms with Gasteiger partial charge in [-0.25, -0.2) is 0 Å². The van der Waals surface area contributed by atoms with Gasteiger partial charge >= 0.3 is 0 Å². The molecule has 0 spiro atoms. The van der Waals surface area contributed by atoms with E-state index < -0.39 is 6.10 Å². The molecule has 0 saturated carbocycles. The van der Waals surface area contributed by atoms with Gasteiger partial charge in [0.25, 0.3) is 0 Å². The van der Waals surface area contributed by atoms with Crippen molar-refractivity contribution in [2.75, 3.05) is 6.54 Å². The van der Waals surface area contributed by atoms with Crippen LogP contribution in [0.5, 0.6) is 0 Å². The third-order valence-electron chi connectivity index (χ3n) is 5.18. The topological polar surface area (TPSA) is 79.8 Å². The van der Waals surface area contributed by atoms with Crippen LogP contribution in [0.4, 0.5) is 0 Å². The summed E-state index contributed by atoms with van der Waals surface area (Å²) in [5.74, 6) is 0.138. The zero-order valence-electron chi connectivity index (χ0n) is 15.9. The lowest BCUT2D eigenvalue weighted by Crippen LogP contribution is -2.81. The van der Waals surface area contributed by atoms with Crippen LogP contribution in [0.1, 0.15) is 90.9 Å². The first kappa shape index (κ1) is 21.2. The second kappa shape index (κ2) is 11.6. The summed E-state index contributed by atoms with van der Waals surface area (Å²) < 4.78 is 0. The molecule has 0 aromatic rings. The lowest BCUT2D eigenvalue weighted by molar-refractivity contribution is -0.574. The number of rotatable bonds is 12. The molecule has 0 saturated heterocycles. The lowest BCUT2D eigenvalue weighted by atomic mass is 9.76. The highest BCUT2D eigenvalue weighted by Crippen LogP contribution is 2.27. The summed E-state index contributed by atoms with van der Waals surface area (Å²) in [4.78, 5) is 12.0. The number of quaternary nitrogens is 1. The van der Waals surface area contributed by atoms with Gasteiger partial charge in [-0.3, -0.25) is 4.79 Å². The van der Waals surface area contributed by atoms with Crippen molar-refractivity contribution in [2.24, 2.45) is 0 Å². The maximum Gasteiger partial charge on any atom is 0.220 e. The third kappa shape index (κ3) is 7.80. The Morgan fingerprint density at radius 3 is 2.58 bits per heavy atom. The van der Waals surface area contributed by atoms with Gasteiger partial charge in [0.2, 0.25) is 5.91 Å². The van der Waals surface area contributed by atoms with Crippen molar-refractivity contribution >= 4 is 5.91 Å². The van der Waals surface area contributed by atoms with Crippen molar-refractivity contribution in [2.45, 2.75) is 103 Å². The minimum atomic E-state index is -0.605. The molecule has 0 aromatic carbocycles. The fourth-order valence-corrected chi connectivity index (χ4v) is 3.44. The fraction of sp³-hybridized carbons (Fsp3) is 0.850. The maximum atomic E-state index is 12.2. The van der Waals surface area contributed by atoms with Crippen LogP contribution in [-0.4, -0.2) is 24.1 Å². The van der Waals surface area contributed by atoms with Crippen molar-refractivity contribution in [1.82, 2.24) is 5.32 Å². The van der Waals surface area contributed by atoms with Crippen molar-refractivity contribution < 1.29 is 15.6 Å². The van der Waals surface area contributed by atoms with Crippen LogP contribution in [0.2, 0.25) is 0 Å². The quantitative estimate of drug-likeness (QED) is 0.423. The smallest absolute Gasteiger partial charge is 0.220 e. The average Bonchev–Trinajstić information content (AvgIpc) is 2.57. The van der Waals surface area contributed by atoms with Crippen molar-refractivity contribution in [3.63, 3.8) is 0 Å². The van der Waals surface area contributed by atoms with Crippen LogP contribution in [0, 0.1) is 0 Å². The SMILES string of the molecule is CCCCCCCCC(=O)NCC1=CCC([O-])C([NH3+])(CCCC)C1. The molecule has 0 aromatic heterocycles. The molecule has 2 unspecified atom stereocenters. The Labute approximate surface area is 148 Å². The summed E-state index contributed by atoms with van der Waals surface area (Å²) >= 11 is 0. The Balaban J connectivity index is 2.25. The van der Waals surface area contributed by atoms with Crippen molar-refractivity contribution in [3.05, 3.63) is 11.6 Å². The van der Waals surface area contributed by atoms with Gasteiger partial charge in [-0.2, -0.15) is 0 Å². The van der Waals surface area contributed by atoms with Gasteiger partial charge in [0, 0.05) is 25.8 Å². The average molecular weight is 339 g/mol. The van der Waals surface area contributed by atoms with E-state index >= 15 is 0 Å². The molecule has 4 N–H and O–H groups in total. The molecule has 0 radical (unpaired) electrons. The minimum Gasteiger partial charge on any atom is -0.847 e. The van der Waals surface area contributed by atoms with E-state index in [0.29, 0.717) is 19.4 Å². The molecule has 4 nitrogen and oxygen atoms in total. The van der Waals surface area contributed by atoms with Crippen LogP contribution < -0.4 is 16.2 Å². The van der Waals surface area contributed by atoms with E-state index in [4.69, 9.17) is 0 Å². The van der Waals surface area contributed by atoms with E-state index in [1.54, 1.807) is 0 Å². The van der Waals surface area contributed by atoms with Crippen LogP contribution in [0.3, 0.4) is 0 Å². The number of unbranched alkanes of at least 4 members (excludes halogenated alkanes) is 6. The summed E-state index contributed by atoms with van der Waals surface area (Å²) in [7, 11) is 0. The van der Waals surface area contributed by atoms with E-state index in [1.807, 2.05) is 6.08 Å². The molecular formula is C20H38N2O2. The summed E-state index contributed by atoms with van der Waals surface area (Å²) in [6.45, 7) is 4.95. The summed E-state index contributed by atoms with van der Waals surface area (Å²) in [6.07, 6.45) is 13.6. The first-order valence-electron chi connectivity index (χ1n) is 9.97. The van der Waals surface area contributed by atoms with Crippen LogP contribution in [-0.2, 0) is 4.79 Å². The number of amides is 1. The first-order chi connectivity index (χ1) is 11.5. The van der Waals surface area contributed by atoms with Crippen LogP contribution in [0.15, 0.2) is 11.6 Å². The molecule has 2 atom stereocenters. The van der Waals surface area contributed by atoms with Gasteiger partial charge < -0.3 is 16.2 Å². The van der Waals surface area contributed by atoms with E-state index in [-0.39, 0.29) is 11.4 Å². The number of carbonyl (C=O) groups excluding carboxylic acids is 1. The fourth-order valence-electron chi connectivity index (χ4n) is 3.44. The van der Waals surface area contributed by atoms with Gasteiger partial charge in [-0.05, 0) is 24.8 Å². The molecule has 0 bridgehead atoms. The monoisotopic (exact) mass is 338 g/mol. The van der Waals surface area contributed by atoms with Gasteiger partial charge in [-0.1, -0.05) is 64.6 Å². The lowest BCUT2D eigenvalue weighted by Gasteiger charge is -2.42. The number of hydrogen-bond donors (Lipinski definition) is 2. The maximum absolute atomic E-state index is 12.2. The zero-order valence-corrected chi connectivity index (χ0v) is 15.9. The Morgan fingerprint density at radius 2 is 1.88 bits per heavy atom. The normalized spacial score (nSPS) is 23.8. The van der Waals surface area contributed by atoms with Crippen LogP contribution in [0.25, 0.3) is 0 Å². The molecule has 24 heavy (non-hydrogen) atoms.